The van der Waals surface area contributed by atoms with Gasteiger partial charge >= 0.3 is 0 Å². The Bertz CT molecular complexity index is 3890. The van der Waals surface area contributed by atoms with Crippen LogP contribution in [0.15, 0.2) is 170 Å². The normalized spacial score (nSPS) is 12.2. The first-order valence-electron chi connectivity index (χ1n) is 19.1. The first kappa shape index (κ1) is 31.2. The molecule has 0 aliphatic rings. The molecule has 5 heterocycles. The molecule has 0 saturated heterocycles. The summed E-state index contributed by atoms with van der Waals surface area (Å²) >= 11 is 3.68. The first-order valence-corrected chi connectivity index (χ1v) is 20.7. The van der Waals surface area contributed by atoms with Gasteiger partial charge in [-0.2, -0.15) is 0 Å². The SMILES string of the molecule is c1ccc(-n2c3ccccc3c3ccc4c5ccccc5sc4c32)c(-c2nc3nc(n2)c2cccc4sc5ccc(cc5c42)c2ccccc2c2cccc3c2)c1. The van der Waals surface area contributed by atoms with E-state index in [2.05, 4.69) is 174 Å². The molecule has 0 aliphatic heterocycles. The third-order valence-corrected chi connectivity index (χ3v) is 13.9. The summed E-state index contributed by atoms with van der Waals surface area (Å²) in [6.45, 7) is 0. The van der Waals surface area contributed by atoms with Crippen molar-refractivity contribution in [3.8, 4) is 17.1 Å². The minimum Gasteiger partial charge on any atom is -0.307 e. The van der Waals surface area contributed by atoms with E-state index in [1.165, 1.54) is 72.8 Å². The first-order chi connectivity index (χ1) is 28.2. The van der Waals surface area contributed by atoms with Crippen molar-refractivity contribution in [2.75, 3.05) is 0 Å². The molecule has 8 aromatic carbocycles. The van der Waals surface area contributed by atoms with Crippen LogP contribution >= 0.6 is 22.7 Å². The van der Waals surface area contributed by atoms with Crippen molar-refractivity contribution in [1.82, 2.24) is 19.5 Å². The standard InChI is InChI=1S/C51H28N4S2/c1-2-14-33-30-23-26-44-40(28-30)46-39(18-10-22-45(46)56-44)51-53-49(31-12-9-11-29(27-31)32(33)13-1)52-50(54-51)38-17-4-7-20-42(38)55-41-19-6-3-15-34(41)36-24-25-37-35-16-5-8-21-43(35)57-48(37)47(36)55/h1-28H. The Balaban J connectivity index is 1.20. The summed E-state index contributed by atoms with van der Waals surface area (Å²) in [7, 11) is 0. The number of thiophene rings is 2. The predicted octanol–water partition coefficient (Wildman–Crippen LogP) is 14.5. The molecule has 0 spiro atoms. The molecular weight excluding hydrogens is 733 g/mol. The maximum Gasteiger partial charge on any atom is 0.166 e. The fourth-order valence-electron chi connectivity index (χ4n) is 9.08. The lowest BCUT2D eigenvalue weighted by atomic mass is 10.0. The van der Waals surface area contributed by atoms with Crippen molar-refractivity contribution in [2.45, 2.75) is 0 Å². The lowest BCUT2D eigenvalue weighted by Gasteiger charge is -2.13. The topological polar surface area (TPSA) is 43.6 Å². The van der Waals surface area contributed by atoms with Gasteiger partial charge in [0.15, 0.2) is 17.1 Å². The molecule has 0 amide bonds. The fraction of sp³-hybridized carbons (Fsp3) is 0. The van der Waals surface area contributed by atoms with Gasteiger partial charge in [0.25, 0.3) is 0 Å². The molecule has 0 unspecified atom stereocenters. The molecule has 5 aromatic heterocycles. The molecule has 6 bridgehead atoms. The Labute approximate surface area is 333 Å². The third kappa shape index (κ3) is 4.51. The number of hydrogen-bond donors (Lipinski definition) is 0. The van der Waals surface area contributed by atoms with Crippen LogP contribution in [0.4, 0.5) is 0 Å². The second-order valence-corrected chi connectivity index (χ2v) is 16.9. The molecule has 13 aromatic rings. The van der Waals surface area contributed by atoms with Gasteiger partial charge in [-0.15, -0.1) is 22.7 Å². The van der Waals surface area contributed by atoms with E-state index in [1.54, 1.807) is 0 Å². The van der Waals surface area contributed by atoms with Gasteiger partial charge < -0.3 is 4.57 Å². The van der Waals surface area contributed by atoms with Crippen molar-refractivity contribution < 1.29 is 0 Å². The smallest absolute Gasteiger partial charge is 0.166 e. The van der Waals surface area contributed by atoms with Crippen molar-refractivity contribution >= 4 is 128 Å². The van der Waals surface area contributed by atoms with Crippen LogP contribution in [0.25, 0.3) is 123 Å². The number of aromatic nitrogens is 4. The van der Waals surface area contributed by atoms with E-state index < -0.39 is 0 Å². The summed E-state index contributed by atoms with van der Waals surface area (Å²) in [6.07, 6.45) is 0. The molecule has 57 heavy (non-hydrogen) atoms. The second kappa shape index (κ2) is 11.8. The lowest BCUT2D eigenvalue weighted by molar-refractivity contribution is 1.14. The zero-order valence-corrected chi connectivity index (χ0v) is 31.9. The Hall–Kier alpha value is -6.99. The van der Waals surface area contributed by atoms with Crippen LogP contribution in [0, 0.1) is 0 Å². The number of para-hydroxylation sites is 2. The number of benzene rings is 8. The van der Waals surface area contributed by atoms with Gasteiger partial charge in [-0.25, -0.2) is 15.0 Å². The van der Waals surface area contributed by atoms with Crippen LogP contribution in [-0.4, -0.2) is 19.5 Å². The van der Waals surface area contributed by atoms with Crippen molar-refractivity contribution in [3.05, 3.63) is 170 Å². The second-order valence-electron chi connectivity index (χ2n) is 14.7. The largest absolute Gasteiger partial charge is 0.307 e. The van der Waals surface area contributed by atoms with E-state index in [9.17, 15) is 0 Å². The van der Waals surface area contributed by atoms with Gasteiger partial charge in [0.2, 0.25) is 0 Å². The molecule has 6 heteroatoms. The molecule has 0 atom stereocenters. The molecule has 0 saturated carbocycles. The van der Waals surface area contributed by atoms with Gasteiger partial charge in [-0.1, -0.05) is 121 Å². The predicted molar refractivity (Wildman–Crippen MR) is 244 cm³/mol. The van der Waals surface area contributed by atoms with Gasteiger partial charge in [0, 0.05) is 62.8 Å². The van der Waals surface area contributed by atoms with Crippen molar-refractivity contribution in [2.24, 2.45) is 0 Å². The van der Waals surface area contributed by atoms with Crippen LogP contribution in [-0.2, 0) is 0 Å². The zero-order chi connectivity index (χ0) is 37.2. The highest BCUT2D eigenvalue weighted by Gasteiger charge is 2.21. The molecule has 0 radical (unpaired) electrons. The minimum atomic E-state index is 0.637. The highest BCUT2D eigenvalue weighted by molar-refractivity contribution is 7.27. The molecular formula is C51H28N4S2. The van der Waals surface area contributed by atoms with E-state index >= 15 is 0 Å². The van der Waals surface area contributed by atoms with Gasteiger partial charge in [0.1, 0.15) is 0 Å². The van der Waals surface area contributed by atoms with Crippen molar-refractivity contribution in [1.29, 1.82) is 0 Å². The molecule has 4 nitrogen and oxygen atoms in total. The van der Waals surface area contributed by atoms with Crippen LogP contribution in [0.1, 0.15) is 0 Å². The Morgan fingerprint density at radius 3 is 1.96 bits per heavy atom. The monoisotopic (exact) mass is 760 g/mol. The zero-order valence-electron chi connectivity index (χ0n) is 30.3. The quantitative estimate of drug-likeness (QED) is 0.176. The Morgan fingerprint density at radius 1 is 0.386 bits per heavy atom. The van der Waals surface area contributed by atoms with Gasteiger partial charge in [-0.3, -0.25) is 0 Å². The highest BCUT2D eigenvalue weighted by Crippen LogP contribution is 2.44. The molecule has 0 fully saturated rings. The molecule has 264 valence electrons. The third-order valence-electron chi connectivity index (χ3n) is 11.6. The van der Waals surface area contributed by atoms with Crippen molar-refractivity contribution in [3.63, 3.8) is 0 Å². The minimum absolute atomic E-state index is 0.637. The Morgan fingerprint density at radius 2 is 1.05 bits per heavy atom. The van der Waals surface area contributed by atoms with Crippen LogP contribution < -0.4 is 0 Å². The molecule has 0 aliphatic carbocycles. The maximum atomic E-state index is 5.44. The van der Waals surface area contributed by atoms with Crippen LogP contribution in [0.2, 0.25) is 0 Å². The van der Waals surface area contributed by atoms with E-state index in [-0.39, 0.29) is 0 Å². The summed E-state index contributed by atoms with van der Waals surface area (Å²) in [5.41, 5.74) is 5.63. The summed E-state index contributed by atoms with van der Waals surface area (Å²) in [6, 6.07) is 61.4. The van der Waals surface area contributed by atoms with Gasteiger partial charge in [-0.05, 0) is 70.1 Å². The van der Waals surface area contributed by atoms with Crippen LogP contribution in [0.5, 0.6) is 0 Å². The summed E-state index contributed by atoms with van der Waals surface area (Å²) in [5, 5.41) is 14.0. The number of rotatable bonds is 2. The number of nitrogens with zero attached hydrogens (tertiary/aromatic N) is 4. The number of hydrogen-bond acceptors (Lipinski definition) is 5. The lowest BCUT2D eigenvalue weighted by Crippen LogP contribution is -2.01. The maximum absolute atomic E-state index is 5.44. The number of fused-ring (bicyclic) bond motifs is 17. The summed E-state index contributed by atoms with van der Waals surface area (Å²) < 4.78 is 7.45. The van der Waals surface area contributed by atoms with E-state index in [1.807, 2.05) is 22.7 Å². The average molecular weight is 761 g/mol. The molecule has 13 rings (SSSR count). The van der Waals surface area contributed by atoms with Gasteiger partial charge in [0.05, 0.1) is 21.4 Å². The van der Waals surface area contributed by atoms with E-state index in [0.29, 0.717) is 17.1 Å². The average Bonchev–Trinajstić information content (AvgIpc) is 3.95. The molecule has 0 N–H and O–H groups in total. The van der Waals surface area contributed by atoms with Crippen LogP contribution in [0.3, 0.4) is 0 Å². The Kier molecular flexibility index (Phi) is 6.45. The van der Waals surface area contributed by atoms with E-state index in [0.717, 1.165) is 32.9 Å². The summed E-state index contributed by atoms with van der Waals surface area (Å²) in [4.78, 5) is 16.1. The highest BCUT2D eigenvalue weighted by atomic mass is 32.1. The summed E-state index contributed by atoms with van der Waals surface area (Å²) in [5.74, 6) is 0.637. The van der Waals surface area contributed by atoms with E-state index in [4.69, 9.17) is 15.0 Å². The fourth-order valence-corrected chi connectivity index (χ4v) is 11.4.